The van der Waals surface area contributed by atoms with Gasteiger partial charge in [0.1, 0.15) is 0 Å². The van der Waals surface area contributed by atoms with Crippen LogP contribution >= 0.6 is 0 Å². The number of carbonyl (C=O) groups excluding carboxylic acids is 1. The predicted octanol–water partition coefficient (Wildman–Crippen LogP) is 1.20. The van der Waals surface area contributed by atoms with E-state index in [4.69, 9.17) is 0 Å². The molecular weight excluding hydrogens is 138 g/mol. The van der Waals surface area contributed by atoms with E-state index in [1.54, 1.807) is 0 Å². The van der Waals surface area contributed by atoms with Crippen LogP contribution in [0.3, 0.4) is 0 Å². The molecule has 0 spiro atoms. The Morgan fingerprint density at radius 1 is 1.36 bits per heavy atom. The second-order valence-corrected chi connectivity index (χ2v) is 3.89. The average Bonchev–Trinajstić information content (AvgIpc) is 2.34. The van der Waals surface area contributed by atoms with Crippen molar-refractivity contribution in [2.24, 2.45) is 0 Å². The van der Waals surface area contributed by atoms with Gasteiger partial charge in [-0.15, -0.1) is 0 Å². The van der Waals surface area contributed by atoms with Crippen LogP contribution in [0.25, 0.3) is 0 Å². The number of piperidine rings is 1. The molecule has 2 rings (SSSR count). The molecule has 2 nitrogen and oxygen atoms in total. The topological polar surface area (TPSA) is 20.3 Å². The highest BCUT2D eigenvalue weighted by atomic mass is 16.1. The standard InChI is InChI=1S/C9H15NO/c1-9-5-3-7-10(9)6-2-4-8(9)11/h2-7H2,1H3. The number of ketones is 1. The van der Waals surface area contributed by atoms with E-state index >= 15 is 0 Å². The third-order valence-corrected chi connectivity index (χ3v) is 3.22. The summed E-state index contributed by atoms with van der Waals surface area (Å²) < 4.78 is 0. The molecule has 2 saturated heterocycles. The molecule has 2 fully saturated rings. The van der Waals surface area contributed by atoms with Crippen LogP contribution in [0, 0.1) is 0 Å². The van der Waals surface area contributed by atoms with E-state index in [0.29, 0.717) is 5.78 Å². The van der Waals surface area contributed by atoms with Crippen molar-refractivity contribution in [3.8, 4) is 0 Å². The van der Waals surface area contributed by atoms with Gasteiger partial charge >= 0.3 is 0 Å². The van der Waals surface area contributed by atoms with Crippen LogP contribution in [0.1, 0.15) is 32.6 Å². The Balaban J connectivity index is 2.24. The van der Waals surface area contributed by atoms with E-state index < -0.39 is 0 Å². The van der Waals surface area contributed by atoms with Crippen molar-refractivity contribution in [2.45, 2.75) is 38.1 Å². The first-order valence-electron chi connectivity index (χ1n) is 4.52. The van der Waals surface area contributed by atoms with E-state index in [1.165, 1.54) is 6.42 Å². The Bertz CT molecular complexity index is 190. The Kier molecular flexibility index (Phi) is 1.53. The molecule has 2 heteroatoms. The lowest BCUT2D eigenvalue weighted by molar-refractivity contribution is -0.131. The molecule has 0 amide bonds. The number of Topliss-reactive ketones (excluding diaryl/α,β-unsaturated/α-hetero) is 1. The van der Waals surface area contributed by atoms with E-state index in [-0.39, 0.29) is 5.54 Å². The lowest BCUT2D eigenvalue weighted by Gasteiger charge is -2.37. The summed E-state index contributed by atoms with van der Waals surface area (Å²) >= 11 is 0. The SMILES string of the molecule is CC12CCCN1CCCC2=O. The minimum Gasteiger partial charge on any atom is -0.298 e. The molecule has 0 saturated carbocycles. The van der Waals surface area contributed by atoms with Gasteiger partial charge < -0.3 is 0 Å². The number of hydrogen-bond acceptors (Lipinski definition) is 2. The molecule has 0 aromatic rings. The minimum absolute atomic E-state index is 0.0573. The van der Waals surface area contributed by atoms with Gasteiger partial charge in [-0.2, -0.15) is 0 Å². The summed E-state index contributed by atoms with van der Waals surface area (Å²) in [7, 11) is 0. The highest BCUT2D eigenvalue weighted by molar-refractivity contribution is 5.89. The molecule has 0 aromatic carbocycles. The lowest BCUT2D eigenvalue weighted by Crippen LogP contribution is -2.51. The molecule has 11 heavy (non-hydrogen) atoms. The predicted molar refractivity (Wildman–Crippen MR) is 43.5 cm³/mol. The second-order valence-electron chi connectivity index (χ2n) is 3.89. The third-order valence-electron chi connectivity index (χ3n) is 3.22. The normalized spacial score (nSPS) is 39.2. The Labute approximate surface area is 67.6 Å². The molecule has 0 aromatic heterocycles. The van der Waals surface area contributed by atoms with Crippen LogP contribution in [0.4, 0.5) is 0 Å². The maximum absolute atomic E-state index is 11.6. The third kappa shape index (κ3) is 0.924. The highest BCUT2D eigenvalue weighted by Crippen LogP contribution is 2.34. The van der Waals surface area contributed by atoms with Gasteiger partial charge in [-0.05, 0) is 39.3 Å². The number of fused-ring (bicyclic) bond motifs is 1. The summed E-state index contributed by atoms with van der Waals surface area (Å²) in [5.74, 6) is 0.473. The first-order valence-corrected chi connectivity index (χ1v) is 4.52. The van der Waals surface area contributed by atoms with Crippen LogP contribution in [0.5, 0.6) is 0 Å². The van der Waals surface area contributed by atoms with Gasteiger partial charge in [0.05, 0.1) is 5.54 Å². The van der Waals surface area contributed by atoms with Gasteiger partial charge in [-0.25, -0.2) is 0 Å². The van der Waals surface area contributed by atoms with Crippen LogP contribution in [0.2, 0.25) is 0 Å². The Hall–Kier alpha value is -0.370. The summed E-state index contributed by atoms with van der Waals surface area (Å²) in [5.41, 5.74) is -0.0573. The maximum Gasteiger partial charge on any atom is 0.152 e. The van der Waals surface area contributed by atoms with Gasteiger partial charge in [0.25, 0.3) is 0 Å². The lowest BCUT2D eigenvalue weighted by atomic mass is 9.87. The number of carbonyl (C=O) groups is 1. The van der Waals surface area contributed by atoms with E-state index in [9.17, 15) is 4.79 Å². The minimum atomic E-state index is -0.0573. The average molecular weight is 153 g/mol. The molecule has 2 aliphatic rings. The van der Waals surface area contributed by atoms with Crippen LogP contribution in [0.15, 0.2) is 0 Å². The van der Waals surface area contributed by atoms with E-state index in [1.807, 2.05) is 0 Å². The summed E-state index contributed by atoms with van der Waals surface area (Å²) in [6.45, 7) is 4.39. The summed E-state index contributed by atoms with van der Waals surface area (Å²) in [6.07, 6.45) is 4.19. The van der Waals surface area contributed by atoms with Crippen molar-refractivity contribution >= 4 is 5.78 Å². The second kappa shape index (κ2) is 2.31. The summed E-state index contributed by atoms with van der Waals surface area (Å²) in [5, 5.41) is 0. The van der Waals surface area contributed by atoms with E-state index in [0.717, 1.165) is 32.4 Å². The van der Waals surface area contributed by atoms with Gasteiger partial charge in [0, 0.05) is 6.42 Å². The van der Waals surface area contributed by atoms with Crippen LogP contribution < -0.4 is 0 Å². The molecule has 2 aliphatic heterocycles. The van der Waals surface area contributed by atoms with Crippen molar-refractivity contribution in [3.05, 3.63) is 0 Å². The van der Waals surface area contributed by atoms with E-state index in [2.05, 4.69) is 11.8 Å². The zero-order valence-electron chi connectivity index (χ0n) is 7.10. The van der Waals surface area contributed by atoms with Crippen molar-refractivity contribution in [2.75, 3.05) is 13.1 Å². The molecule has 62 valence electrons. The summed E-state index contributed by atoms with van der Waals surface area (Å²) in [6, 6.07) is 0. The van der Waals surface area contributed by atoms with Crippen molar-refractivity contribution in [3.63, 3.8) is 0 Å². The molecule has 1 unspecified atom stereocenters. The molecule has 0 radical (unpaired) electrons. The Morgan fingerprint density at radius 3 is 2.82 bits per heavy atom. The largest absolute Gasteiger partial charge is 0.298 e. The molecular formula is C9H15NO. The number of rotatable bonds is 0. The maximum atomic E-state index is 11.6. The molecule has 0 N–H and O–H groups in total. The fourth-order valence-electron chi connectivity index (χ4n) is 2.39. The number of hydrogen-bond donors (Lipinski definition) is 0. The molecule has 0 bridgehead atoms. The van der Waals surface area contributed by atoms with Crippen LogP contribution in [-0.4, -0.2) is 29.3 Å². The van der Waals surface area contributed by atoms with Gasteiger partial charge in [0.15, 0.2) is 5.78 Å². The first kappa shape index (κ1) is 7.29. The number of nitrogens with zero attached hydrogens (tertiary/aromatic N) is 1. The monoisotopic (exact) mass is 153 g/mol. The van der Waals surface area contributed by atoms with Crippen molar-refractivity contribution in [1.82, 2.24) is 4.90 Å². The molecule has 1 atom stereocenters. The van der Waals surface area contributed by atoms with Gasteiger partial charge in [-0.3, -0.25) is 9.69 Å². The van der Waals surface area contributed by atoms with Crippen molar-refractivity contribution in [1.29, 1.82) is 0 Å². The van der Waals surface area contributed by atoms with Gasteiger partial charge in [0.2, 0.25) is 0 Å². The first-order chi connectivity index (χ1) is 5.23. The fraction of sp³-hybridized carbons (Fsp3) is 0.889. The van der Waals surface area contributed by atoms with Crippen LogP contribution in [-0.2, 0) is 4.79 Å². The molecule has 2 heterocycles. The van der Waals surface area contributed by atoms with Gasteiger partial charge in [-0.1, -0.05) is 0 Å². The molecule has 0 aliphatic carbocycles. The van der Waals surface area contributed by atoms with Crippen molar-refractivity contribution < 1.29 is 4.79 Å². The highest BCUT2D eigenvalue weighted by Gasteiger charge is 2.44. The summed E-state index contributed by atoms with van der Waals surface area (Å²) in [4.78, 5) is 13.9. The quantitative estimate of drug-likeness (QED) is 0.521. The zero-order chi connectivity index (χ0) is 7.90. The Morgan fingerprint density at radius 2 is 2.09 bits per heavy atom. The zero-order valence-corrected chi connectivity index (χ0v) is 7.10. The fourth-order valence-corrected chi connectivity index (χ4v) is 2.39. The smallest absolute Gasteiger partial charge is 0.152 e.